The average molecular weight is 236 g/mol. The van der Waals surface area contributed by atoms with Crippen LogP contribution < -0.4 is 10.6 Å². The zero-order valence-electron chi connectivity index (χ0n) is 9.59. The lowest BCUT2D eigenvalue weighted by molar-refractivity contribution is 0.0729. The van der Waals surface area contributed by atoms with E-state index in [1.165, 1.54) is 0 Å². The third kappa shape index (κ3) is 2.03. The molecule has 0 radical (unpaired) electrons. The van der Waals surface area contributed by atoms with E-state index in [1.807, 2.05) is 4.90 Å². The molecule has 2 aliphatic rings. The molecule has 0 unspecified atom stereocenters. The van der Waals surface area contributed by atoms with Crippen molar-refractivity contribution in [2.24, 2.45) is 0 Å². The highest BCUT2D eigenvalue weighted by Crippen LogP contribution is 2.11. The Morgan fingerprint density at radius 1 is 1.29 bits per heavy atom. The summed E-state index contributed by atoms with van der Waals surface area (Å²) in [6.45, 7) is 5.02. The smallest absolute Gasteiger partial charge is 0.276 e. The molecular weight excluding hydrogens is 220 g/mol. The van der Waals surface area contributed by atoms with Crippen LogP contribution in [0.4, 0.5) is 0 Å². The quantitative estimate of drug-likeness (QED) is 0.651. The summed E-state index contributed by atoms with van der Waals surface area (Å²) in [7, 11) is 0. The van der Waals surface area contributed by atoms with Gasteiger partial charge in [0.25, 0.3) is 5.91 Å². The van der Waals surface area contributed by atoms with Crippen LogP contribution in [0.3, 0.4) is 0 Å². The van der Waals surface area contributed by atoms with Gasteiger partial charge in [0.15, 0.2) is 5.69 Å². The molecule has 7 nitrogen and oxygen atoms in total. The van der Waals surface area contributed by atoms with Gasteiger partial charge in [-0.1, -0.05) is 5.21 Å². The molecule has 2 aliphatic heterocycles. The Labute approximate surface area is 99.2 Å². The number of aromatic nitrogens is 3. The molecule has 3 rings (SSSR count). The lowest BCUT2D eigenvalue weighted by Gasteiger charge is -2.27. The summed E-state index contributed by atoms with van der Waals surface area (Å²) in [4.78, 5) is 13.9. The minimum Gasteiger partial charge on any atom is -0.335 e. The summed E-state index contributed by atoms with van der Waals surface area (Å²) in [5, 5.41) is 14.4. The first-order valence-electron chi connectivity index (χ1n) is 5.97. The Morgan fingerprint density at radius 2 is 2.06 bits per heavy atom. The summed E-state index contributed by atoms with van der Waals surface area (Å²) in [6, 6.07) is 0.354. The van der Waals surface area contributed by atoms with Crippen molar-refractivity contribution in [2.75, 3.05) is 39.3 Å². The largest absolute Gasteiger partial charge is 0.335 e. The first-order chi connectivity index (χ1) is 8.34. The van der Waals surface area contributed by atoms with Crippen molar-refractivity contribution in [1.29, 1.82) is 0 Å². The molecule has 3 heterocycles. The number of amides is 1. The van der Waals surface area contributed by atoms with E-state index < -0.39 is 0 Å². The molecule has 2 N–H and O–H groups in total. The number of nitrogens with zero attached hydrogens (tertiary/aromatic N) is 4. The number of carbonyl (C=O) groups is 1. The highest BCUT2D eigenvalue weighted by Gasteiger charge is 2.24. The fraction of sp³-hybridized carbons (Fsp3) is 0.700. The van der Waals surface area contributed by atoms with Crippen molar-refractivity contribution in [3.63, 3.8) is 0 Å². The van der Waals surface area contributed by atoms with Crippen molar-refractivity contribution < 1.29 is 4.79 Å². The SMILES string of the molecule is O=C(c1cn(C2CNC2)nn1)N1CCNCC1. The highest BCUT2D eigenvalue weighted by atomic mass is 16.2. The van der Waals surface area contributed by atoms with E-state index in [2.05, 4.69) is 20.9 Å². The van der Waals surface area contributed by atoms with Crippen molar-refractivity contribution in [3.8, 4) is 0 Å². The predicted molar refractivity (Wildman–Crippen MR) is 60.7 cm³/mol. The monoisotopic (exact) mass is 236 g/mol. The second kappa shape index (κ2) is 4.42. The van der Waals surface area contributed by atoms with Crippen molar-refractivity contribution in [3.05, 3.63) is 11.9 Å². The van der Waals surface area contributed by atoms with E-state index >= 15 is 0 Å². The first kappa shape index (κ1) is 10.7. The van der Waals surface area contributed by atoms with E-state index in [0.29, 0.717) is 11.7 Å². The lowest BCUT2D eigenvalue weighted by Crippen LogP contribution is -2.46. The Kier molecular flexibility index (Phi) is 2.77. The second-order valence-corrected chi connectivity index (χ2v) is 4.44. The minimum absolute atomic E-state index is 0.00923. The maximum Gasteiger partial charge on any atom is 0.276 e. The third-order valence-electron chi connectivity index (χ3n) is 3.27. The Morgan fingerprint density at radius 3 is 2.71 bits per heavy atom. The Balaban J connectivity index is 1.69. The molecule has 2 saturated heterocycles. The van der Waals surface area contributed by atoms with E-state index in [1.54, 1.807) is 10.9 Å². The summed E-state index contributed by atoms with van der Waals surface area (Å²) in [6.07, 6.45) is 1.76. The van der Waals surface area contributed by atoms with Crippen LogP contribution in [0, 0.1) is 0 Å². The van der Waals surface area contributed by atoms with Gasteiger partial charge in [0, 0.05) is 39.3 Å². The van der Waals surface area contributed by atoms with Crippen LogP contribution in [0.25, 0.3) is 0 Å². The molecular formula is C10H16N6O. The standard InChI is InChI=1S/C10H16N6O/c17-10(15-3-1-11-2-4-15)9-7-16(14-13-9)8-5-12-6-8/h7-8,11-12H,1-6H2. The Bertz CT molecular complexity index is 407. The zero-order chi connectivity index (χ0) is 11.7. The highest BCUT2D eigenvalue weighted by molar-refractivity contribution is 5.92. The fourth-order valence-corrected chi connectivity index (χ4v) is 2.04. The van der Waals surface area contributed by atoms with E-state index in [-0.39, 0.29) is 5.91 Å². The van der Waals surface area contributed by atoms with Gasteiger partial charge in [0.05, 0.1) is 12.2 Å². The third-order valence-corrected chi connectivity index (χ3v) is 3.27. The molecule has 1 amide bonds. The van der Waals surface area contributed by atoms with Crippen LogP contribution in [0.15, 0.2) is 6.20 Å². The maximum absolute atomic E-state index is 12.1. The van der Waals surface area contributed by atoms with Gasteiger partial charge in [-0.3, -0.25) is 4.79 Å². The van der Waals surface area contributed by atoms with Crippen LogP contribution >= 0.6 is 0 Å². The van der Waals surface area contributed by atoms with Gasteiger partial charge < -0.3 is 15.5 Å². The van der Waals surface area contributed by atoms with Crippen LogP contribution in [-0.2, 0) is 0 Å². The van der Waals surface area contributed by atoms with E-state index in [0.717, 1.165) is 39.3 Å². The van der Waals surface area contributed by atoms with Gasteiger partial charge in [-0.05, 0) is 0 Å². The molecule has 1 aromatic heterocycles. The van der Waals surface area contributed by atoms with E-state index in [4.69, 9.17) is 0 Å². The fourth-order valence-electron chi connectivity index (χ4n) is 2.04. The van der Waals surface area contributed by atoms with Crippen molar-refractivity contribution >= 4 is 5.91 Å². The summed E-state index contributed by atoms with van der Waals surface area (Å²) < 4.78 is 1.78. The first-order valence-corrected chi connectivity index (χ1v) is 5.97. The van der Waals surface area contributed by atoms with E-state index in [9.17, 15) is 4.79 Å². The van der Waals surface area contributed by atoms with Gasteiger partial charge >= 0.3 is 0 Å². The van der Waals surface area contributed by atoms with Crippen LogP contribution in [-0.4, -0.2) is 65.1 Å². The molecule has 1 aromatic rings. The van der Waals surface area contributed by atoms with Crippen molar-refractivity contribution in [1.82, 2.24) is 30.5 Å². The van der Waals surface area contributed by atoms with Crippen molar-refractivity contribution in [2.45, 2.75) is 6.04 Å². The number of carbonyl (C=O) groups excluding carboxylic acids is 1. The Hall–Kier alpha value is -1.47. The lowest BCUT2D eigenvalue weighted by atomic mass is 10.2. The molecule has 92 valence electrons. The van der Waals surface area contributed by atoms with Gasteiger partial charge in [0.1, 0.15) is 0 Å². The maximum atomic E-state index is 12.1. The molecule has 7 heteroatoms. The number of hydrogen-bond donors (Lipinski definition) is 2. The van der Waals surface area contributed by atoms with Gasteiger partial charge in [-0.2, -0.15) is 0 Å². The average Bonchev–Trinajstić information content (AvgIpc) is 2.76. The van der Waals surface area contributed by atoms with Crippen LogP contribution in [0.5, 0.6) is 0 Å². The molecule has 0 bridgehead atoms. The summed E-state index contributed by atoms with van der Waals surface area (Å²) in [5.41, 5.74) is 0.457. The second-order valence-electron chi connectivity index (χ2n) is 4.44. The van der Waals surface area contributed by atoms with Gasteiger partial charge in [0.2, 0.25) is 0 Å². The molecule has 17 heavy (non-hydrogen) atoms. The van der Waals surface area contributed by atoms with Gasteiger partial charge in [-0.25, -0.2) is 4.68 Å². The predicted octanol–water partition coefficient (Wildman–Crippen LogP) is -1.53. The molecule has 0 saturated carbocycles. The number of piperazine rings is 1. The molecule has 0 aliphatic carbocycles. The summed E-state index contributed by atoms with van der Waals surface area (Å²) in [5.74, 6) is -0.00923. The molecule has 0 spiro atoms. The van der Waals surface area contributed by atoms with Crippen LogP contribution in [0.1, 0.15) is 16.5 Å². The number of nitrogens with one attached hydrogen (secondary N) is 2. The molecule has 2 fully saturated rings. The normalized spacial score (nSPS) is 21.3. The van der Waals surface area contributed by atoms with Gasteiger partial charge in [-0.15, -0.1) is 5.10 Å². The topological polar surface area (TPSA) is 75.1 Å². The number of hydrogen-bond acceptors (Lipinski definition) is 5. The zero-order valence-corrected chi connectivity index (χ0v) is 9.59. The molecule has 0 atom stereocenters. The van der Waals surface area contributed by atoms with Crippen LogP contribution in [0.2, 0.25) is 0 Å². The number of rotatable bonds is 2. The molecule has 0 aromatic carbocycles. The summed E-state index contributed by atoms with van der Waals surface area (Å²) >= 11 is 0. The minimum atomic E-state index is -0.00923.